The van der Waals surface area contributed by atoms with Crippen molar-refractivity contribution in [2.24, 2.45) is 15.7 Å². The molecule has 0 amide bonds. The first-order valence-corrected chi connectivity index (χ1v) is 12.0. The number of hydrogen-bond donors (Lipinski definition) is 2. The van der Waals surface area contributed by atoms with E-state index in [0.29, 0.717) is 29.9 Å². The number of dihydropyridines is 1. The van der Waals surface area contributed by atoms with Crippen molar-refractivity contribution in [3.63, 3.8) is 0 Å². The highest BCUT2D eigenvalue weighted by atomic mass is 32.2. The van der Waals surface area contributed by atoms with Gasteiger partial charge in [-0.3, -0.25) is 16.0 Å². The highest BCUT2D eigenvalue weighted by Crippen LogP contribution is 2.33. The van der Waals surface area contributed by atoms with Gasteiger partial charge in [0.25, 0.3) is 10.0 Å². The van der Waals surface area contributed by atoms with Gasteiger partial charge in [-0.1, -0.05) is 0 Å². The number of allylic oxidation sites excluding steroid dienone is 1. The lowest BCUT2D eigenvalue weighted by molar-refractivity contribution is 0.210. The summed E-state index contributed by atoms with van der Waals surface area (Å²) in [6.07, 6.45) is 9.15. The van der Waals surface area contributed by atoms with Crippen LogP contribution >= 0.6 is 0 Å². The van der Waals surface area contributed by atoms with E-state index in [9.17, 15) is 8.42 Å². The Kier molecular flexibility index (Phi) is 4.76. The molecule has 2 atom stereocenters. The summed E-state index contributed by atoms with van der Waals surface area (Å²) >= 11 is 0. The van der Waals surface area contributed by atoms with E-state index in [0.717, 1.165) is 15.5 Å². The van der Waals surface area contributed by atoms with Crippen molar-refractivity contribution in [1.29, 1.82) is 0 Å². The summed E-state index contributed by atoms with van der Waals surface area (Å²) < 4.78 is 25.9. The molecule has 3 aliphatic rings. The molecular weight excluding hydrogens is 430 g/mol. The molecule has 0 spiro atoms. The van der Waals surface area contributed by atoms with E-state index in [-0.39, 0.29) is 17.6 Å². The topological polar surface area (TPSA) is 144 Å². The fourth-order valence-electron chi connectivity index (χ4n) is 3.89. The monoisotopic (exact) mass is 455 g/mol. The molecule has 2 aliphatic heterocycles. The molecule has 2 unspecified atom stereocenters. The zero-order chi connectivity index (χ0) is 22.7. The normalized spacial score (nSPS) is 25.2. The van der Waals surface area contributed by atoms with Crippen molar-refractivity contribution in [2.75, 3.05) is 7.05 Å². The number of aromatic nitrogens is 4. The maximum absolute atomic E-state index is 12.4. The smallest absolute Gasteiger partial charge is 0.256 e. The average molecular weight is 456 g/mol. The molecule has 12 heteroatoms. The van der Waals surface area contributed by atoms with Crippen LogP contribution in [0, 0.1) is 0 Å². The summed E-state index contributed by atoms with van der Waals surface area (Å²) in [6.45, 7) is 4.17. The molecule has 2 aromatic heterocycles. The Bertz CT molecular complexity index is 1260. The third-order valence-corrected chi connectivity index (χ3v) is 7.76. The van der Waals surface area contributed by atoms with Gasteiger partial charge >= 0.3 is 0 Å². The van der Waals surface area contributed by atoms with Crippen molar-refractivity contribution >= 4 is 21.9 Å². The Hall–Kier alpha value is -2.96. The number of rotatable bonds is 6. The summed E-state index contributed by atoms with van der Waals surface area (Å²) in [5, 5.41) is 6.85. The fourth-order valence-corrected chi connectivity index (χ4v) is 5.37. The maximum Gasteiger partial charge on any atom is 0.256 e. The minimum Gasteiger partial charge on any atom is -0.333 e. The van der Waals surface area contributed by atoms with Crippen LogP contribution in [0.4, 0.5) is 0 Å². The van der Waals surface area contributed by atoms with Gasteiger partial charge in [0.05, 0.1) is 40.8 Å². The first kappa shape index (κ1) is 20.9. The average Bonchev–Trinajstić information content (AvgIpc) is 3.40. The number of hydrogen-bond acceptors (Lipinski definition) is 10. The Balaban J connectivity index is 1.49. The third-order valence-electron chi connectivity index (χ3n) is 5.73. The second-order valence-electron chi connectivity index (χ2n) is 8.40. The van der Waals surface area contributed by atoms with Crippen molar-refractivity contribution in [3.8, 4) is 11.4 Å². The molecule has 0 radical (unpaired) electrons. The summed E-state index contributed by atoms with van der Waals surface area (Å²) in [4.78, 5) is 20.2. The molecule has 2 aromatic rings. The summed E-state index contributed by atoms with van der Waals surface area (Å²) in [5.41, 5.74) is 8.09. The van der Waals surface area contributed by atoms with Crippen LogP contribution in [-0.2, 0) is 15.7 Å². The molecule has 0 aromatic carbocycles. The Morgan fingerprint density at radius 1 is 1.31 bits per heavy atom. The summed E-state index contributed by atoms with van der Waals surface area (Å²) in [6, 6.07) is 1.89. The van der Waals surface area contributed by atoms with E-state index in [1.165, 1.54) is 12.4 Å². The van der Waals surface area contributed by atoms with Crippen LogP contribution in [0.15, 0.2) is 46.4 Å². The van der Waals surface area contributed by atoms with Gasteiger partial charge in [0.15, 0.2) is 17.8 Å². The van der Waals surface area contributed by atoms with Gasteiger partial charge in [-0.05, 0) is 45.9 Å². The zero-order valence-electron chi connectivity index (χ0n) is 18.0. The molecule has 11 nitrogen and oxygen atoms in total. The second kappa shape index (κ2) is 7.29. The van der Waals surface area contributed by atoms with Crippen molar-refractivity contribution in [2.45, 2.75) is 49.9 Å². The lowest BCUT2D eigenvalue weighted by Gasteiger charge is -2.33. The van der Waals surface area contributed by atoms with Crippen LogP contribution in [0.5, 0.6) is 0 Å². The summed E-state index contributed by atoms with van der Waals surface area (Å²) in [7, 11) is -1.60. The van der Waals surface area contributed by atoms with Crippen LogP contribution in [0.2, 0.25) is 0 Å². The molecule has 1 saturated carbocycles. The van der Waals surface area contributed by atoms with E-state index < -0.39 is 15.7 Å². The molecule has 0 bridgehead atoms. The lowest BCUT2D eigenvalue weighted by Crippen LogP contribution is -2.45. The van der Waals surface area contributed by atoms with Gasteiger partial charge in [-0.25, -0.2) is 23.4 Å². The van der Waals surface area contributed by atoms with Crippen molar-refractivity contribution in [3.05, 3.63) is 42.1 Å². The molecule has 32 heavy (non-hydrogen) atoms. The van der Waals surface area contributed by atoms with Gasteiger partial charge in [0.2, 0.25) is 0 Å². The van der Waals surface area contributed by atoms with E-state index in [4.69, 9.17) is 5.73 Å². The van der Waals surface area contributed by atoms with Gasteiger partial charge in [0.1, 0.15) is 5.71 Å². The second-order valence-corrected chi connectivity index (χ2v) is 10.5. The molecule has 3 N–H and O–H groups in total. The number of nitrogens with zero attached hydrogens (tertiary/aromatic N) is 7. The van der Waals surface area contributed by atoms with Crippen LogP contribution in [-0.4, -0.2) is 69.0 Å². The number of nitrogens with two attached hydrogens (primary N) is 1. The molecule has 4 heterocycles. The van der Waals surface area contributed by atoms with Crippen LogP contribution < -0.4 is 11.1 Å². The minimum absolute atomic E-state index is 0.190. The van der Waals surface area contributed by atoms with Crippen molar-refractivity contribution in [1.82, 2.24) is 29.4 Å². The third kappa shape index (κ3) is 3.34. The molecule has 0 saturated heterocycles. The Morgan fingerprint density at radius 2 is 2.09 bits per heavy atom. The van der Waals surface area contributed by atoms with Gasteiger partial charge in [-0.15, -0.1) is 0 Å². The predicted molar refractivity (Wildman–Crippen MR) is 120 cm³/mol. The Labute approximate surface area is 186 Å². The first-order valence-electron chi connectivity index (χ1n) is 10.5. The number of fused-ring (bicyclic) bond motifs is 1. The predicted octanol–water partition coefficient (Wildman–Crippen LogP) is 0.428. The van der Waals surface area contributed by atoms with Gasteiger partial charge in [-0.2, -0.15) is 9.19 Å². The highest BCUT2D eigenvalue weighted by Gasteiger charge is 2.39. The first-order chi connectivity index (χ1) is 15.2. The van der Waals surface area contributed by atoms with E-state index in [1.807, 2.05) is 13.1 Å². The molecule has 1 aliphatic carbocycles. The van der Waals surface area contributed by atoms with Gasteiger partial charge in [0, 0.05) is 12.2 Å². The molecule has 5 rings (SSSR count). The Morgan fingerprint density at radius 3 is 2.78 bits per heavy atom. The molecule has 1 fully saturated rings. The lowest BCUT2D eigenvalue weighted by atomic mass is 10.0. The number of nitrogens with one attached hydrogen (secondary N) is 1. The molecular formula is C20H25N9O2S. The fraction of sp³-hybridized carbons (Fsp3) is 0.450. The van der Waals surface area contributed by atoms with Crippen molar-refractivity contribution < 1.29 is 8.42 Å². The van der Waals surface area contributed by atoms with Crippen LogP contribution in [0.1, 0.15) is 32.4 Å². The van der Waals surface area contributed by atoms with E-state index in [2.05, 4.69) is 49.1 Å². The minimum atomic E-state index is -3.46. The van der Waals surface area contributed by atoms with Crippen LogP contribution in [0.3, 0.4) is 0 Å². The van der Waals surface area contributed by atoms with Gasteiger partial charge < -0.3 is 4.90 Å². The maximum atomic E-state index is 12.4. The van der Waals surface area contributed by atoms with E-state index >= 15 is 0 Å². The quantitative estimate of drug-likeness (QED) is 0.638. The summed E-state index contributed by atoms with van der Waals surface area (Å²) in [5.74, 6) is 0.331. The highest BCUT2D eigenvalue weighted by molar-refractivity contribution is 7.90. The SMILES string of the molecule is CNC1N=C2C=NC(N)(c3ccnc(-c4cnn(S(=O)(=O)C5CC5)c4)n3)C=C2N1C(C)C. The van der Waals surface area contributed by atoms with Crippen LogP contribution in [0.25, 0.3) is 11.4 Å². The standard InChI is InChI=1S/C20H25N9O2S/c1-12(2)29-16-8-20(21,24-10-15(16)26-19(29)22-3)17-6-7-23-18(27-17)13-9-25-28(11-13)32(30,31)14-4-5-14/h6-12,14,19,22H,4-5,21H2,1-3H3. The van der Waals surface area contributed by atoms with E-state index in [1.54, 1.807) is 18.5 Å². The molecule has 168 valence electrons. The largest absolute Gasteiger partial charge is 0.333 e. The number of aliphatic imine (C=N–C) groups is 2. The zero-order valence-corrected chi connectivity index (χ0v) is 18.9.